The Morgan fingerprint density at radius 3 is 2.75 bits per heavy atom. The van der Waals surface area contributed by atoms with Crippen LogP contribution >= 0.6 is 0 Å². The maximum Gasteiger partial charge on any atom is 0.387 e. The number of ether oxygens (including phenoxy) is 1. The summed E-state index contributed by atoms with van der Waals surface area (Å²) >= 11 is 0. The minimum Gasteiger partial charge on any atom is -0.465 e. The summed E-state index contributed by atoms with van der Waals surface area (Å²) in [6, 6.07) is 9.31. The van der Waals surface area contributed by atoms with Gasteiger partial charge in [0.1, 0.15) is 11.5 Å². The molecule has 6 heteroatoms. The first-order valence-electron chi connectivity index (χ1n) is 5.71. The molecule has 1 aromatic carbocycles. The van der Waals surface area contributed by atoms with Crippen molar-refractivity contribution in [1.82, 2.24) is 0 Å². The third-order valence-corrected chi connectivity index (χ3v) is 2.30. The fraction of sp³-hybridized carbons (Fsp3) is 0.0714. The average Bonchev–Trinajstić information content (AvgIpc) is 2.91. The van der Waals surface area contributed by atoms with Crippen LogP contribution in [0.25, 0.3) is 6.08 Å². The van der Waals surface area contributed by atoms with Crippen molar-refractivity contribution in [3.05, 3.63) is 54.5 Å². The Balaban J connectivity index is 2.04. The van der Waals surface area contributed by atoms with E-state index in [1.807, 2.05) is 0 Å². The van der Waals surface area contributed by atoms with Crippen molar-refractivity contribution in [1.29, 1.82) is 0 Å². The smallest absolute Gasteiger partial charge is 0.387 e. The quantitative estimate of drug-likeness (QED) is 0.852. The SMILES string of the molecule is O=C(/C=C/c1ccco1)Nc1ccccc1OC(F)F. The molecule has 0 atom stereocenters. The van der Waals surface area contributed by atoms with Crippen LogP contribution in [0.4, 0.5) is 14.5 Å². The van der Waals surface area contributed by atoms with Crippen LogP contribution in [0.3, 0.4) is 0 Å². The predicted octanol–water partition coefficient (Wildman–Crippen LogP) is 3.53. The molecule has 2 aromatic rings. The van der Waals surface area contributed by atoms with Gasteiger partial charge in [-0.1, -0.05) is 12.1 Å². The molecule has 1 N–H and O–H groups in total. The van der Waals surface area contributed by atoms with Gasteiger partial charge in [0.15, 0.2) is 0 Å². The summed E-state index contributed by atoms with van der Waals surface area (Å²) in [6.07, 6.45) is 4.17. The molecular formula is C14H11F2NO3. The van der Waals surface area contributed by atoms with Gasteiger partial charge < -0.3 is 14.5 Å². The number of anilines is 1. The van der Waals surface area contributed by atoms with Crippen LogP contribution in [0.15, 0.2) is 53.2 Å². The van der Waals surface area contributed by atoms with Crippen molar-refractivity contribution in [2.45, 2.75) is 6.61 Å². The number of halogens is 2. The highest BCUT2D eigenvalue weighted by atomic mass is 19.3. The van der Waals surface area contributed by atoms with E-state index < -0.39 is 12.5 Å². The fourth-order valence-electron chi connectivity index (χ4n) is 1.49. The molecule has 0 aliphatic carbocycles. The number of alkyl halides is 2. The molecule has 104 valence electrons. The van der Waals surface area contributed by atoms with Crippen LogP contribution in [0, 0.1) is 0 Å². The van der Waals surface area contributed by atoms with Gasteiger partial charge in [-0.2, -0.15) is 8.78 Å². The summed E-state index contributed by atoms with van der Waals surface area (Å²) in [7, 11) is 0. The lowest BCUT2D eigenvalue weighted by molar-refractivity contribution is -0.111. The highest BCUT2D eigenvalue weighted by Gasteiger charge is 2.10. The minimum atomic E-state index is -2.95. The molecule has 0 aliphatic heterocycles. The number of rotatable bonds is 5. The minimum absolute atomic E-state index is 0.0951. The molecule has 2 rings (SSSR count). The summed E-state index contributed by atoms with van der Waals surface area (Å²) in [6.45, 7) is -2.95. The topological polar surface area (TPSA) is 51.5 Å². The van der Waals surface area contributed by atoms with Gasteiger partial charge in [0.25, 0.3) is 0 Å². The summed E-state index contributed by atoms with van der Waals surface area (Å²) in [4.78, 5) is 11.7. The van der Waals surface area contributed by atoms with E-state index in [1.165, 1.54) is 36.6 Å². The second-order valence-electron chi connectivity index (χ2n) is 3.71. The van der Waals surface area contributed by atoms with Crippen molar-refractivity contribution in [2.24, 2.45) is 0 Å². The molecule has 20 heavy (non-hydrogen) atoms. The predicted molar refractivity (Wildman–Crippen MR) is 69.4 cm³/mol. The number of amides is 1. The number of hydrogen-bond acceptors (Lipinski definition) is 3. The molecule has 1 amide bonds. The van der Waals surface area contributed by atoms with Gasteiger partial charge in [-0.25, -0.2) is 0 Å². The van der Waals surface area contributed by atoms with Gasteiger partial charge in [-0.05, 0) is 30.3 Å². The largest absolute Gasteiger partial charge is 0.465 e. The molecule has 0 fully saturated rings. The molecular weight excluding hydrogens is 268 g/mol. The number of carbonyl (C=O) groups is 1. The number of para-hydroxylation sites is 2. The van der Waals surface area contributed by atoms with E-state index in [2.05, 4.69) is 10.1 Å². The lowest BCUT2D eigenvalue weighted by atomic mass is 10.3. The summed E-state index contributed by atoms with van der Waals surface area (Å²) < 4.78 is 33.7. The summed E-state index contributed by atoms with van der Waals surface area (Å²) in [5.74, 6) is -0.0637. The van der Waals surface area contributed by atoms with Crippen LogP contribution in [0.5, 0.6) is 5.75 Å². The Labute approximate surface area is 113 Å². The lowest BCUT2D eigenvalue weighted by Gasteiger charge is -2.10. The lowest BCUT2D eigenvalue weighted by Crippen LogP contribution is -2.11. The summed E-state index contributed by atoms with van der Waals surface area (Å²) in [5, 5.41) is 2.45. The van der Waals surface area contributed by atoms with Crippen LogP contribution in [-0.4, -0.2) is 12.5 Å². The number of benzene rings is 1. The molecule has 0 radical (unpaired) electrons. The highest BCUT2D eigenvalue weighted by molar-refractivity contribution is 6.02. The number of nitrogens with one attached hydrogen (secondary N) is 1. The maximum absolute atomic E-state index is 12.2. The number of carbonyl (C=O) groups excluding carboxylic acids is 1. The third kappa shape index (κ3) is 3.94. The molecule has 1 heterocycles. The van der Waals surface area contributed by atoms with Crippen LogP contribution in [-0.2, 0) is 4.79 Å². The zero-order valence-corrected chi connectivity index (χ0v) is 10.3. The molecule has 0 spiro atoms. The fourth-order valence-corrected chi connectivity index (χ4v) is 1.49. The number of furan rings is 1. The van der Waals surface area contributed by atoms with Gasteiger partial charge >= 0.3 is 6.61 Å². The molecule has 0 saturated heterocycles. The first-order valence-corrected chi connectivity index (χ1v) is 5.71. The van der Waals surface area contributed by atoms with E-state index in [-0.39, 0.29) is 11.4 Å². The molecule has 0 unspecified atom stereocenters. The van der Waals surface area contributed by atoms with Crippen LogP contribution in [0.2, 0.25) is 0 Å². The van der Waals surface area contributed by atoms with Crippen LogP contribution < -0.4 is 10.1 Å². The molecule has 0 saturated carbocycles. The van der Waals surface area contributed by atoms with E-state index in [0.717, 1.165) is 0 Å². The highest BCUT2D eigenvalue weighted by Crippen LogP contribution is 2.25. The molecule has 4 nitrogen and oxygen atoms in total. The van der Waals surface area contributed by atoms with Crippen molar-refractivity contribution >= 4 is 17.7 Å². The van der Waals surface area contributed by atoms with Crippen LogP contribution in [0.1, 0.15) is 5.76 Å². The Hall–Kier alpha value is -2.63. The van der Waals surface area contributed by atoms with Gasteiger partial charge in [0.2, 0.25) is 5.91 Å². The zero-order valence-electron chi connectivity index (χ0n) is 10.3. The van der Waals surface area contributed by atoms with Crippen molar-refractivity contribution in [3.63, 3.8) is 0 Å². The van der Waals surface area contributed by atoms with Gasteiger partial charge in [-0.3, -0.25) is 4.79 Å². The van der Waals surface area contributed by atoms with Crippen molar-refractivity contribution < 1.29 is 22.7 Å². The molecule has 0 aliphatic rings. The Morgan fingerprint density at radius 2 is 2.05 bits per heavy atom. The first kappa shape index (κ1) is 13.8. The first-order chi connectivity index (χ1) is 9.65. The number of hydrogen-bond donors (Lipinski definition) is 1. The van der Waals surface area contributed by atoms with E-state index in [4.69, 9.17) is 4.42 Å². The zero-order chi connectivity index (χ0) is 14.4. The van der Waals surface area contributed by atoms with E-state index in [9.17, 15) is 13.6 Å². The summed E-state index contributed by atoms with van der Waals surface area (Å²) in [5.41, 5.74) is 0.168. The normalized spacial score (nSPS) is 10.9. The van der Waals surface area contributed by atoms with E-state index >= 15 is 0 Å². The Morgan fingerprint density at radius 1 is 1.25 bits per heavy atom. The van der Waals surface area contributed by atoms with Gasteiger partial charge in [-0.15, -0.1) is 0 Å². The van der Waals surface area contributed by atoms with Gasteiger partial charge in [0.05, 0.1) is 12.0 Å². The maximum atomic E-state index is 12.2. The second kappa shape index (κ2) is 6.51. The molecule has 0 bridgehead atoms. The average molecular weight is 279 g/mol. The van der Waals surface area contributed by atoms with Crippen molar-refractivity contribution in [2.75, 3.05) is 5.32 Å². The Bertz CT molecular complexity index is 594. The van der Waals surface area contributed by atoms with Crippen molar-refractivity contribution in [3.8, 4) is 5.75 Å². The monoisotopic (exact) mass is 279 g/mol. The molecule has 1 aromatic heterocycles. The Kier molecular flexibility index (Phi) is 4.49. The third-order valence-electron chi connectivity index (χ3n) is 2.30. The second-order valence-corrected chi connectivity index (χ2v) is 3.71. The van der Waals surface area contributed by atoms with E-state index in [1.54, 1.807) is 18.2 Å². The van der Waals surface area contributed by atoms with Gasteiger partial charge in [0, 0.05) is 6.08 Å². The van der Waals surface area contributed by atoms with E-state index in [0.29, 0.717) is 5.76 Å². The standard InChI is InChI=1S/C14H11F2NO3/c15-14(16)20-12-6-2-1-5-11(12)17-13(18)8-7-10-4-3-9-19-10/h1-9,14H,(H,17,18)/b8-7+.